The topological polar surface area (TPSA) is 50.4 Å². The number of benzene rings is 2. The fourth-order valence-corrected chi connectivity index (χ4v) is 3.09. The Morgan fingerprint density at radius 1 is 1.04 bits per heavy atom. The third-order valence-electron chi connectivity index (χ3n) is 4.92. The summed E-state index contributed by atoms with van der Waals surface area (Å²) < 4.78 is 5.57. The normalized spacial score (nSPS) is 14.3. The van der Waals surface area contributed by atoms with Crippen LogP contribution in [0.3, 0.4) is 0 Å². The molecule has 2 aromatic carbocycles. The maximum atomic E-state index is 12.7. The Bertz CT molecular complexity index is 745. The molecule has 27 heavy (non-hydrogen) atoms. The fraction of sp³-hybridized carbons (Fsp3) is 0.435. The van der Waals surface area contributed by atoms with Crippen LogP contribution in [0.15, 0.2) is 48.5 Å². The van der Waals surface area contributed by atoms with E-state index >= 15 is 0 Å². The van der Waals surface area contributed by atoms with Crippen molar-refractivity contribution in [3.8, 4) is 5.75 Å². The Balaban J connectivity index is 2.03. The van der Waals surface area contributed by atoms with Crippen molar-refractivity contribution < 1.29 is 9.53 Å². The van der Waals surface area contributed by atoms with Crippen LogP contribution < -0.4 is 15.4 Å². The van der Waals surface area contributed by atoms with Gasteiger partial charge in [0.1, 0.15) is 5.75 Å². The zero-order valence-corrected chi connectivity index (χ0v) is 17.1. The number of hydrogen-bond donors (Lipinski definition) is 2. The molecule has 3 atom stereocenters. The van der Waals surface area contributed by atoms with Gasteiger partial charge in [-0.05, 0) is 62.4 Å². The molecule has 0 saturated heterocycles. The van der Waals surface area contributed by atoms with Gasteiger partial charge in [-0.2, -0.15) is 0 Å². The van der Waals surface area contributed by atoms with Crippen molar-refractivity contribution in [2.45, 2.75) is 59.0 Å². The van der Waals surface area contributed by atoms with Gasteiger partial charge >= 0.3 is 0 Å². The monoisotopic (exact) mass is 368 g/mol. The Kier molecular flexibility index (Phi) is 7.86. The SMILES string of the molecule is CCOc1cccc(C(C)NC(C)C(=O)Nc2ccccc2C(C)CC)c1. The minimum atomic E-state index is -0.319. The van der Waals surface area contributed by atoms with E-state index in [0.29, 0.717) is 12.5 Å². The molecule has 0 aliphatic heterocycles. The van der Waals surface area contributed by atoms with E-state index in [1.165, 1.54) is 5.56 Å². The fourth-order valence-electron chi connectivity index (χ4n) is 3.09. The van der Waals surface area contributed by atoms with Gasteiger partial charge in [-0.1, -0.05) is 44.2 Å². The lowest BCUT2D eigenvalue weighted by atomic mass is 9.97. The highest BCUT2D eigenvalue weighted by atomic mass is 16.5. The summed E-state index contributed by atoms with van der Waals surface area (Å²) in [5, 5.41) is 6.47. The molecule has 0 radical (unpaired) electrons. The Morgan fingerprint density at radius 2 is 1.78 bits per heavy atom. The zero-order chi connectivity index (χ0) is 19.8. The summed E-state index contributed by atoms with van der Waals surface area (Å²) in [5.41, 5.74) is 3.18. The van der Waals surface area contributed by atoms with Crippen LogP contribution in [0.1, 0.15) is 64.1 Å². The molecule has 1 amide bonds. The van der Waals surface area contributed by atoms with Crippen LogP contribution in [0.4, 0.5) is 5.69 Å². The van der Waals surface area contributed by atoms with E-state index in [4.69, 9.17) is 4.74 Å². The van der Waals surface area contributed by atoms with Gasteiger partial charge in [0.25, 0.3) is 0 Å². The molecule has 0 aliphatic carbocycles. The molecule has 4 nitrogen and oxygen atoms in total. The molecule has 146 valence electrons. The zero-order valence-electron chi connectivity index (χ0n) is 17.1. The van der Waals surface area contributed by atoms with Crippen molar-refractivity contribution in [3.63, 3.8) is 0 Å². The summed E-state index contributed by atoms with van der Waals surface area (Å²) in [6.45, 7) is 10.9. The van der Waals surface area contributed by atoms with E-state index in [9.17, 15) is 4.79 Å². The first-order valence-corrected chi connectivity index (χ1v) is 9.84. The van der Waals surface area contributed by atoms with Crippen LogP contribution in [-0.2, 0) is 4.79 Å². The first-order chi connectivity index (χ1) is 13.0. The van der Waals surface area contributed by atoms with Gasteiger partial charge in [-0.25, -0.2) is 0 Å². The number of carbonyl (C=O) groups is 1. The molecule has 0 spiro atoms. The van der Waals surface area contributed by atoms with Gasteiger partial charge in [0, 0.05) is 11.7 Å². The minimum Gasteiger partial charge on any atom is -0.494 e. The average Bonchev–Trinajstić information content (AvgIpc) is 2.68. The van der Waals surface area contributed by atoms with Crippen LogP contribution in [0, 0.1) is 0 Å². The lowest BCUT2D eigenvalue weighted by molar-refractivity contribution is -0.117. The predicted molar refractivity (Wildman–Crippen MR) is 112 cm³/mol. The third-order valence-corrected chi connectivity index (χ3v) is 4.92. The molecule has 0 bridgehead atoms. The van der Waals surface area contributed by atoms with Crippen molar-refractivity contribution in [1.82, 2.24) is 5.32 Å². The van der Waals surface area contributed by atoms with E-state index in [-0.39, 0.29) is 18.0 Å². The number of ether oxygens (including phenoxy) is 1. The smallest absolute Gasteiger partial charge is 0.241 e. The van der Waals surface area contributed by atoms with Crippen LogP contribution in [0.25, 0.3) is 0 Å². The molecule has 2 N–H and O–H groups in total. The molecule has 0 aromatic heterocycles. The molecule has 0 saturated carbocycles. The molecular weight excluding hydrogens is 336 g/mol. The van der Waals surface area contributed by atoms with Crippen LogP contribution in [0.2, 0.25) is 0 Å². The molecule has 0 fully saturated rings. The van der Waals surface area contributed by atoms with E-state index < -0.39 is 0 Å². The van der Waals surface area contributed by atoms with Crippen LogP contribution in [-0.4, -0.2) is 18.6 Å². The van der Waals surface area contributed by atoms with Gasteiger partial charge in [0.2, 0.25) is 5.91 Å². The summed E-state index contributed by atoms with van der Waals surface area (Å²) in [6.07, 6.45) is 1.04. The average molecular weight is 369 g/mol. The number of hydrogen-bond acceptors (Lipinski definition) is 3. The molecule has 2 aromatic rings. The molecule has 4 heteroatoms. The Labute approximate surface area is 163 Å². The highest BCUT2D eigenvalue weighted by molar-refractivity contribution is 5.95. The lowest BCUT2D eigenvalue weighted by Gasteiger charge is -2.22. The van der Waals surface area contributed by atoms with E-state index in [0.717, 1.165) is 23.4 Å². The second-order valence-corrected chi connectivity index (χ2v) is 7.00. The van der Waals surface area contributed by atoms with Crippen molar-refractivity contribution >= 4 is 11.6 Å². The Hall–Kier alpha value is -2.33. The first kappa shape index (κ1) is 21.0. The highest BCUT2D eigenvalue weighted by Crippen LogP contribution is 2.26. The molecule has 2 rings (SSSR count). The first-order valence-electron chi connectivity index (χ1n) is 9.84. The van der Waals surface area contributed by atoms with Crippen molar-refractivity contribution in [1.29, 1.82) is 0 Å². The maximum Gasteiger partial charge on any atom is 0.241 e. The molecule has 0 aliphatic rings. The van der Waals surface area contributed by atoms with Crippen molar-refractivity contribution in [2.24, 2.45) is 0 Å². The number of anilines is 1. The quantitative estimate of drug-likeness (QED) is 0.633. The van der Waals surface area contributed by atoms with Gasteiger partial charge in [-0.3, -0.25) is 10.1 Å². The van der Waals surface area contributed by atoms with Gasteiger partial charge in [0.15, 0.2) is 0 Å². The standard InChI is InChI=1S/C23H32N2O2/c1-6-16(3)21-13-8-9-14-22(21)25-23(26)18(5)24-17(4)19-11-10-12-20(15-19)27-7-2/h8-18,24H,6-7H2,1-5H3,(H,25,26). The second kappa shape index (κ2) is 10.1. The lowest BCUT2D eigenvalue weighted by Crippen LogP contribution is -2.39. The number of amides is 1. The van der Waals surface area contributed by atoms with Crippen molar-refractivity contribution in [3.05, 3.63) is 59.7 Å². The van der Waals surface area contributed by atoms with Crippen LogP contribution in [0.5, 0.6) is 5.75 Å². The summed E-state index contributed by atoms with van der Waals surface area (Å²) in [7, 11) is 0. The minimum absolute atomic E-state index is 0.0291. The largest absolute Gasteiger partial charge is 0.494 e. The third kappa shape index (κ3) is 5.83. The summed E-state index contributed by atoms with van der Waals surface area (Å²) >= 11 is 0. The van der Waals surface area contributed by atoms with Gasteiger partial charge in [0.05, 0.1) is 12.6 Å². The Morgan fingerprint density at radius 3 is 2.48 bits per heavy atom. The van der Waals surface area contributed by atoms with Gasteiger partial charge in [-0.15, -0.1) is 0 Å². The predicted octanol–water partition coefficient (Wildman–Crippen LogP) is 5.28. The number of carbonyl (C=O) groups excluding carboxylic acids is 1. The van der Waals surface area contributed by atoms with E-state index in [1.54, 1.807) is 0 Å². The van der Waals surface area contributed by atoms with Crippen LogP contribution >= 0.6 is 0 Å². The number of rotatable bonds is 9. The number of nitrogens with one attached hydrogen (secondary N) is 2. The summed E-state index contributed by atoms with van der Waals surface area (Å²) in [4.78, 5) is 12.7. The summed E-state index contributed by atoms with van der Waals surface area (Å²) in [6, 6.07) is 15.7. The molecule has 0 heterocycles. The van der Waals surface area contributed by atoms with E-state index in [1.807, 2.05) is 56.3 Å². The summed E-state index contributed by atoms with van der Waals surface area (Å²) in [5.74, 6) is 1.23. The molecular formula is C23H32N2O2. The number of para-hydroxylation sites is 1. The van der Waals surface area contributed by atoms with Gasteiger partial charge < -0.3 is 10.1 Å². The highest BCUT2D eigenvalue weighted by Gasteiger charge is 2.18. The molecule has 3 unspecified atom stereocenters. The van der Waals surface area contributed by atoms with Crippen molar-refractivity contribution in [2.75, 3.05) is 11.9 Å². The maximum absolute atomic E-state index is 12.7. The second-order valence-electron chi connectivity index (χ2n) is 7.00. The van der Waals surface area contributed by atoms with E-state index in [2.05, 4.69) is 37.5 Å².